The van der Waals surface area contributed by atoms with Crippen molar-refractivity contribution in [3.05, 3.63) is 54.1 Å². The second-order valence-corrected chi connectivity index (χ2v) is 4.47. The van der Waals surface area contributed by atoms with Crippen LogP contribution in [0.25, 0.3) is 0 Å². The molecule has 0 aliphatic rings. The molecule has 0 fully saturated rings. The number of anilines is 3. The molecule has 0 unspecified atom stereocenters. The Labute approximate surface area is 108 Å². The molecular weight excluding hydrogens is 222 g/mol. The molecule has 0 aliphatic carbocycles. The summed E-state index contributed by atoms with van der Waals surface area (Å²) < 4.78 is 0. The van der Waals surface area contributed by atoms with Crippen molar-refractivity contribution in [1.82, 2.24) is 0 Å². The number of nitrogens with two attached hydrogens (primary N) is 1. The van der Waals surface area contributed by atoms with E-state index in [1.54, 1.807) is 0 Å². The fourth-order valence-corrected chi connectivity index (χ4v) is 1.73. The average molecular weight is 241 g/mol. The number of benzene rings is 2. The molecule has 0 atom stereocenters. The van der Waals surface area contributed by atoms with Crippen molar-refractivity contribution in [3.63, 3.8) is 0 Å². The number of nitrogens with one attached hydrogen (secondary N) is 1. The van der Waals surface area contributed by atoms with E-state index in [-0.39, 0.29) is 0 Å². The molecular formula is C15H19N3. The quantitative estimate of drug-likeness (QED) is 0.864. The van der Waals surface area contributed by atoms with Crippen molar-refractivity contribution < 1.29 is 0 Å². The van der Waals surface area contributed by atoms with Gasteiger partial charge in [0, 0.05) is 37.7 Å². The number of rotatable bonds is 4. The first-order valence-electron chi connectivity index (χ1n) is 6.02. The second-order valence-electron chi connectivity index (χ2n) is 4.47. The summed E-state index contributed by atoms with van der Waals surface area (Å²) in [6, 6.07) is 16.5. The van der Waals surface area contributed by atoms with Crippen molar-refractivity contribution in [2.45, 2.75) is 6.54 Å². The summed E-state index contributed by atoms with van der Waals surface area (Å²) >= 11 is 0. The Bertz CT molecular complexity index is 486. The molecule has 94 valence electrons. The first-order valence-corrected chi connectivity index (χ1v) is 6.02. The van der Waals surface area contributed by atoms with E-state index in [0.29, 0.717) is 6.54 Å². The second kappa shape index (κ2) is 5.56. The van der Waals surface area contributed by atoms with Crippen LogP contribution in [0.3, 0.4) is 0 Å². The third-order valence-corrected chi connectivity index (χ3v) is 2.86. The van der Waals surface area contributed by atoms with Crippen molar-refractivity contribution >= 4 is 17.1 Å². The highest BCUT2D eigenvalue weighted by Crippen LogP contribution is 2.20. The lowest BCUT2D eigenvalue weighted by molar-refractivity contribution is 1.07. The Hall–Kier alpha value is -2.00. The maximum absolute atomic E-state index is 5.57. The third kappa shape index (κ3) is 3.02. The molecule has 3 N–H and O–H groups in total. The van der Waals surface area contributed by atoms with Crippen molar-refractivity contribution in [3.8, 4) is 0 Å². The topological polar surface area (TPSA) is 41.3 Å². The third-order valence-electron chi connectivity index (χ3n) is 2.86. The summed E-state index contributed by atoms with van der Waals surface area (Å²) in [5, 5.41) is 3.36. The Kier molecular flexibility index (Phi) is 3.85. The molecule has 0 saturated heterocycles. The predicted molar refractivity (Wildman–Crippen MR) is 78.4 cm³/mol. The van der Waals surface area contributed by atoms with Gasteiger partial charge in [0.1, 0.15) is 0 Å². The summed E-state index contributed by atoms with van der Waals surface area (Å²) in [5.74, 6) is 0. The first-order chi connectivity index (χ1) is 8.69. The summed E-state index contributed by atoms with van der Waals surface area (Å²) in [6.07, 6.45) is 0. The van der Waals surface area contributed by atoms with Gasteiger partial charge in [-0.2, -0.15) is 0 Å². The largest absolute Gasteiger partial charge is 0.378 e. The maximum atomic E-state index is 5.57. The average Bonchev–Trinajstić information content (AvgIpc) is 2.40. The van der Waals surface area contributed by atoms with Crippen LogP contribution in [0.4, 0.5) is 17.1 Å². The first kappa shape index (κ1) is 12.5. The van der Waals surface area contributed by atoms with Crippen LogP contribution >= 0.6 is 0 Å². The molecule has 0 heterocycles. The molecule has 2 aromatic rings. The fraction of sp³-hybridized carbons (Fsp3) is 0.200. The zero-order valence-electron chi connectivity index (χ0n) is 10.9. The Morgan fingerprint density at radius 2 is 1.39 bits per heavy atom. The standard InChI is InChI=1S/C15H19N3/c1-18(2)15-9-7-14(8-10-15)17-13-5-3-12(11-16)4-6-13/h3-10,17H,11,16H2,1-2H3. The van der Waals surface area contributed by atoms with Crippen LogP contribution < -0.4 is 16.0 Å². The van der Waals surface area contributed by atoms with Gasteiger partial charge in [-0.05, 0) is 42.0 Å². The van der Waals surface area contributed by atoms with Gasteiger partial charge in [0.15, 0.2) is 0 Å². The normalized spacial score (nSPS) is 10.2. The summed E-state index contributed by atoms with van der Waals surface area (Å²) in [6.45, 7) is 0.581. The van der Waals surface area contributed by atoms with Crippen LogP contribution in [0.15, 0.2) is 48.5 Å². The molecule has 0 radical (unpaired) electrons. The highest BCUT2D eigenvalue weighted by molar-refractivity contribution is 5.62. The smallest absolute Gasteiger partial charge is 0.0385 e. The molecule has 2 aromatic carbocycles. The van der Waals surface area contributed by atoms with Gasteiger partial charge in [0.2, 0.25) is 0 Å². The van der Waals surface area contributed by atoms with Crippen LogP contribution in [-0.2, 0) is 6.54 Å². The Morgan fingerprint density at radius 3 is 1.83 bits per heavy atom. The van der Waals surface area contributed by atoms with Crippen LogP contribution in [0, 0.1) is 0 Å². The lowest BCUT2D eigenvalue weighted by Gasteiger charge is -2.13. The number of hydrogen-bond donors (Lipinski definition) is 2. The van der Waals surface area contributed by atoms with Gasteiger partial charge < -0.3 is 16.0 Å². The Morgan fingerprint density at radius 1 is 0.889 bits per heavy atom. The van der Waals surface area contributed by atoms with Crippen LogP contribution in [0.2, 0.25) is 0 Å². The van der Waals surface area contributed by atoms with Crippen LogP contribution in [0.1, 0.15) is 5.56 Å². The van der Waals surface area contributed by atoms with E-state index in [1.807, 2.05) is 38.4 Å². The van der Waals surface area contributed by atoms with Gasteiger partial charge in [-0.15, -0.1) is 0 Å². The molecule has 18 heavy (non-hydrogen) atoms. The van der Waals surface area contributed by atoms with Gasteiger partial charge in [-0.25, -0.2) is 0 Å². The molecule has 0 saturated carbocycles. The molecule has 2 rings (SSSR count). The van der Waals surface area contributed by atoms with Gasteiger partial charge in [0.05, 0.1) is 0 Å². The molecule has 0 spiro atoms. The molecule has 0 bridgehead atoms. The van der Waals surface area contributed by atoms with Crippen molar-refractivity contribution in [1.29, 1.82) is 0 Å². The summed E-state index contributed by atoms with van der Waals surface area (Å²) in [7, 11) is 4.07. The van der Waals surface area contributed by atoms with E-state index in [1.165, 1.54) is 5.69 Å². The van der Waals surface area contributed by atoms with Crippen LogP contribution in [0.5, 0.6) is 0 Å². The van der Waals surface area contributed by atoms with Gasteiger partial charge >= 0.3 is 0 Å². The monoisotopic (exact) mass is 241 g/mol. The Balaban J connectivity index is 2.08. The van der Waals surface area contributed by atoms with E-state index in [4.69, 9.17) is 5.73 Å². The minimum absolute atomic E-state index is 0.581. The highest BCUT2D eigenvalue weighted by Gasteiger charge is 1.97. The maximum Gasteiger partial charge on any atom is 0.0385 e. The van der Waals surface area contributed by atoms with Gasteiger partial charge in [-0.3, -0.25) is 0 Å². The molecule has 0 aromatic heterocycles. The zero-order chi connectivity index (χ0) is 13.0. The molecule has 0 aliphatic heterocycles. The van der Waals surface area contributed by atoms with Crippen molar-refractivity contribution in [2.24, 2.45) is 5.73 Å². The van der Waals surface area contributed by atoms with Gasteiger partial charge in [0.25, 0.3) is 0 Å². The van der Waals surface area contributed by atoms with E-state index in [0.717, 1.165) is 16.9 Å². The van der Waals surface area contributed by atoms with E-state index in [9.17, 15) is 0 Å². The lowest BCUT2D eigenvalue weighted by Crippen LogP contribution is -2.08. The highest BCUT2D eigenvalue weighted by atomic mass is 15.1. The predicted octanol–water partition coefficient (Wildman–Crippen LogP) is 2.95. The number of nitrogens with zero attached hydrogens (tertiary/aromatic N) is 1. The minimum atomic E-state index is 0.581. The summed E-state index contributed by atoms with van der Waals surface area (Å²) in [5.41, 5.74) is 10.1. The minimum Gasteiger partial charge on any atom is -0.378 e. The van der Waals surface area contributed by atoms with Crippen molar-refractivity contribution in [2.75, 3.05) is 24.3 Å². The molecule has 3 heteroatoms. The van der Waals surface area contributed by atoms with Gasteiger partial charge in [-0.1, -0.05) is 12.1 Å². The van der Waals surface area contributed by atoms with E-state index >= 15 is 0 Å². The lowest BCUT2D eigenvalue weighted by atomic mass is 10.2. The summed E-state index contributed by atoms with van der Waals surface area (Å²) in [4.78, 5) is 2.08. The van der Waals surface area contributed by atoms with E-state index < -0.39 is 0 Å². The zero-order valence-corrected chi connectivity index (χ0v) is 10.9. The van der Waals surface area contributed by atoms with Crippen LogP contribution in [-0.4, -0.2) is 14.1 Å². The molecule has 0 amide bonds. The number of hydrogen-bond acceptors (Lipinski definition) is 3. The fourth-order valence-electron chi connectivity index (χ4n) is 1.73. The SMILES string of the molecule is CN(C)c1ccc(Nc2ccc(CN)cc2)cc1. The van der Waals surface area contributed by atoms with E-state index in [2.05, 4.69) is 34.5 Å². The molecule has 3 nitrogen and oxygen atoms in total.